The number of amides is 2. The molecule has 2 heterocycles. The summed E-state index contributed by atoms with van der Waals surface area (Å²) in [6.45, 7) is 3.64. The number of benzene rings is 1. The summed E-state index contributed by atoms with van der Waals surface area (Å²) in [4.78, 5) is 26.2. The number of anilines is 1. The zero-order valence-corrected chi connectivity index (χ0v) is 15.1. The lowest BCUT2D eigenvalue weighted by molar-refractivity contribution is -0.114. The van der Waals surface area contributed by atoms with Crippen molar-refractivity contribution in [2.45, 2.75) is 32.0 Å². The van der Waals surface area contributed by atoms with E-state index in [1.54, 1.807) is 6.07 Å². The molecule has 2 bridgehead atoms. The van der Waals surface area contributed by atoms with Gasteiger partial charge in [0, 0.05) is 26.1 Å². The first-order chi connectivity index (χ1) is 12.0. The van der Waals surface area contributed by atoms with Crippen molar-refractivity contribution in [2.24, 2.45) is 0 Å². The Morgan fingerprint density at radius 3 is 2.92 bits per heavy atom. The van der Waals surface area contributed by atoms with Crippen molar-refractivity contribution in [3.05, 3.63) is 22.7 Å². The molecule has 0 aromatic heterocycles. The second-order valence-corrected chi connectivity index (χ2v) is 6.70. The molecular weight excluding hydrogens is 346 g/mol. The molecule has 1 aromatic carbocycles. The fourth-order valence-corrected chi connectivity index (χ4v) is 3.48. The van der Waals surface area contributed by atoms with Crippen molar-refractivity contribution in [2.75, 3.05) is 32.1 Å². The second-order valence-electron chi connectivity index (χ2n) is 6.30. The Morgan fingerprint density at radius 2 is 2.20 bits per heavy atom. The van der Waals surface area contributed by atoms with Crippen LogP contribution in [0, 0.1) is 0 Å². The molecule has 0 aliphatic carbocycles. The largest absolute Gasteiger partial charge is 0.496 e. The zero-order valence-electron chi connectivity index (χ0n) is 14.3. The normalized spacial score (nSPS) is 25.2. The first kappa shape index (κ1) is 18.0. The minimum atomic E-state index is -0.286. The molecule has 3 rings (SSSR count). The lowest BCUT2D eigenvalue weighted by Gasteiger charge is -2.43. The molecule has 2 aliphatic rings. The molecule has 0 spiro atoms. The van der Waals surface area contributed by atoms with Crippen LogP contribution in [0.3, 0.4) is 0 Å². The van der Waals surface area contributed by atoms with Crippen molar-refractivity contribution in [1.29, 1.82) is 0 Å². The van der Waals surface area contributed by atoms with Crippen LogP contribution in [0.25, 0.3) is 0 Å². The third-order valence-electron chi connectivity index (χ3n) is 4.48. The van der Waals surface area contributed by atoms with E-state index in [4.69, 9.17) is 21.1 Å². The number of ether oxygens (including phenoxy) is 2. The van der Waals surface area contributed by atoms with Crippen LogP contribution in [-0.2, 0) is 9.53 Å². The minimum Gasteiger partial charge on any atom is -0.496 e. The number of rotatable bonds is 4. The van der Waals surface area contributed by atoms with Gasteiger partial charge in [-0.1, -0.05) is 11.6 Å². The first-order valence-electron chi connectivity index (χ1n) is 8.29. The number of nitrogens with zero attached hydrogens (tertiary/aromatic N) is 1. The highest BCUT2D eigenvalue weighted by molar-refractivity contribution is 6.34. The number of piperidine rings is 1. The van der Waals surface area contributed by atoms with E-state index in [9.17, 15) is 9.59 Å². The van der Waals surface area contributed by atoms with E-state index in [0.29, 0.717) is 23.6 Å². The third-order valence-corrected chi connectivity index (χ3v) is 4.80. The first-order valence-corrected chi connectivity index (χ1v) is 8.67. The Morgan fingerprint density at radius 1 is 1.40 bits per heavy atom. The lowest BCUT2D eigenvalue weighted by Crippen LogP contribution is -2.59. The summed E-state index contributed by atoms with van der Waals surface area (Å²) in [5.41, 5.74) is 0.725. The molecular formula is C17H22ClN3O4. The topological polar surface area (TPSA) is 79.9 Å². The monoisotopic (exact) mass is 367 g/mol. The molecule has 0 radical (unpaired) electrons. The SMILES string of the molecule is COc1cc(NC(C)=O)c(Cl)cc1C(=O)NC1COC2CCCN1C2. The van der Waals surface area contributed by atoms with Gasteiger partial charge in [0.1, 0.15) is 11.9 Å². The van der Waals surface area contributed by atoms with E-state index in [1.807, 2.05) is 0 Å². The van der Waals surface area contributed by atoms with E-state index < -0.39 is 0 Å². The van der Waals surface area contributed by atoms with Gasteiger partial charge in [-0.2, -0.15) is 0 Å². The average molecular weight is 368 g/mol. The number of morpholine rings is 1. The third kappa shape index (κ3) is 4.05. The van der Waals surface area contributed by atoms with E-state index in [0.717, 1.165) is 25.9 Å². The van der Waals surface area contributed by atoms with Gasteiger partial charge >= 0.3 is 0 Å². The maximum Gasteiger partial charge on any atom is 0.256 e. The van der Waals surface area contributed by atoms with E-state index >= 15 is 0 Å². The Hall–Kier alpha value is -1.83. The number of carbonyl (C=O) groups is 2. The standard InChI is InChI=1S/C17H22ClN3O4/c1-10(22)19-14-7-15(24-2)12(6-13(14)18)17(23)20-16-9-25-11-4-3-5-21(16)8-11/h6-7,11,16H,3-5,8-9H2,1-2H3,(H,19,22)(H,20,23). The van der Waals surface area contributed by atoms with Gasteiger partial charge in [0.15, 0.2) is 0 Å². The van der Waals surface area contributed by atoms with Gasteiger partial charge in [0.25, 0.3) is 5.91 Å². The molecule has 0 saturated carbocycles. The zero-order chi connectivity index (χ0) is 18.0. The van der Waals surface area contributed by atoms with Crippen LogP contribution < -0.4 is 15.4 Å². The molecule has 3 atom stereocenters. The van der Waals surface area contributed by atoms with E-state index in [1.165, 1.54) is 20.1 Å². The molecule has 2 fully saturated rings. The smallest absolute Gasteiger partial charge is 0.256 e. The van der Waals surface area contributed by atoms with Crippen LogP contribution >= 0.6 is 11.6 Å². The minimum absolute atomic E-state index is 0.164. The predicted molar refractivity (Wildman–Crippen MR) is 94.1 cm³/mol. The summed E-state index contributed by atoms with van der Waals surface area (Å²) >= 11 is 6.19. The molecule has 136 valence electrons. The van der Waals surface area contributed by atoms with Gasteiger partial charge in [0.05, 0.1) is 36.1 Å². The van der Waals surface area contributed by atoms with Gasteiger partial charge in [-0.15, -0.1) is 0 Å². The number of methoxy groups -OCH3 is 1. The van der Waals surface area contributed by atoms with Crippen molar-refractivity contribution >= 4 is 29.1 Å². The highest BCUT2D eigenvalue weighted by Gasteiger charge is 2.33. The Kier molecular flexibility index (Phi) is 5.46. The number of halogens is 1. The summed E-state index contributed by atoms with van der Waals surface area (Å²) < 4.78 is 11.1. The summed E-state index contributed by atoms with van der Waals surface area (Å²) in [6.07, 6.45) is 2.24. The number of nitrogens with one attached hydrogen (secondary N) is 2. The molecule has 2 aliphatic heterocycles. The fourth-order valence-electron chi connectivity index (χ4n) is 3.27. The van der Waals surface area contributed by atoms with Crippen molar-refractivity contribution in [3.8, 4) is 5.75 Å². The molecule has 3 unspecified atom stereocenters. The highest BCUT2D eigenvalue weighted by atomic mass is 35.5. The summed E-state index contributed by atoms with van der Waals surface area (Å²) in [6, 6.07) is 3.05. The van der Waals surface area contributed by atoms with Crippen molar-refractivity contribution in [1.82, 2.24) is 10.2 Å². The number of hydrogen-bond donors (Lipinski definition) is 2. The lowest BCUT2D eigenvalue weighted by atomic mass is 10.1. The van der Waals surface area contributed by atoms with Gasteiger partial charge < -0.3 is 20.1 Å². The molecule has 25 heavy (non-hydrogen) atoms. The molecule has 2 amide bonds. The molecule has 2 saturated heterocycles. The Labute approximate surface area is 151 Å². The number of carbonyl (C=O) groups excluding carboxylic acids is 2. The van der Waals surface area contributed by atoms with Gasteiger partial charge in [-0.3, -0.25) is 14.5 Å². The van der Waals surface area contributed by atoms with E-state index in [2.05, 4.69) is 15.5 Å². The van der Waals surface area contributed by atoms with Crippen molar-refractivity contribution < 1.29 is 19.1 Å². The maximum atomic E-state index is 12.7. The quantitative estimate of drug-likeness (QED) is 0.849. The van der Waals surface area contributed by atoms with E-state index in [-0.39, 0.29) is 29.1 Å². The average Bonchev–Trinajstić information content (AvgIpc) is 2.58. The van der Waals surface area contributed by atoms with Gasteiger partial charge in [0.2, 0.25) is 5.91 Å². The summed E-state index contributed by atoms with van der Waals surface area (Å²) in [5, 5.41) is 5.88. The maximum absolute atomic E-state index is 12.7. The Balaban J connectivity index is 1.77. The van der Waals surface area contributed by atoms with Crippen LogP contribution in [0.5, 0.6) is 5.75 Å². The molecule has 1 aromatic rings. The molecule has 2 N–H and O–H groups in total. The van der Waals surface area contributed by atoms with Crippen LogP contribution in [0.1, 0.15) is 30.1 Å². The number of hydrogen-bond acceptors (Lipinski definition) is 5. The van der Waals surface area contributed by atoms with Crippen LogP contribution in [-0.4, -0.2) is 55.8 Å². The highest BCUT2D eigenvalue weighted by Crippen LogP contribution is 2.31. The van der Waals surface area contributed by atoms with Gasteiger partial charge in [-0.25, -0.2) is 0 Å². The van der Waals surface area contributed by atoms with Gasteiger partial charge in [-0.05, 0) is 18.9 Å². The van der Waals surface area contributed by atoms with Crippen LogP contribution in [0.15, 0.2) is 12.1 Å². The summed E-state index contributed by atoms with van der Waals surface area (Å²) in [7, 11) is 1.47. The number of fused-ring (bicyclic) bond motifs is 2. The fraction of sp³-hybridized carbons (Fsp3) is 0.529. The predicted octanol–water partition coefficient (Wildman–Crippen LogP) is 1.86. The summed E-state index contributed by atoms with van der Waals surface area (Å²) in [5.74, 6) is -0.190. The van der Waals surface area contributed by atoms with Crippen LogP contribution in [0.2, 0.25) is 5.02 Å². The Bertz CT molecular complexity index is 682. The van der Waals surface area contributed by atoms with Crippen molar-refractivity contribution in [3.63, 3.8) is 0 Å². The van der Waals surface area contributed by atoms with Crippen LogP contribution in [0.4, 0.5) is 5.69 Å². The molecule has 8 heteroatoms. The second kappa shape index (κ2) is 7.59. The molecule has 7 nitrogen and oxygen atoms in total.